The van der Waals surface area contributed by atoms with E-state index in [4.69, 9.17) is 10.5 Å². The number of aliphatic imine (C=N–C) groups is 1. The second-order valence-corrected chi connectivity index (χ2v) is 6.42. The first-order valence-electron chi connectivity index (χ1n) is 9.33. The first kappa shape index (κ1) is 22.0. The number of nitrogens with two attached hydrogens (primary N) is 1. The van der Waals surface area contributed by atoms with E-state index in [1.165, 1.54) is 11.1 Å². The van der Waals surface area contributed by atoms with Crippen molar-refractivity contribution < 1.29 is 9.53 Å². The Hall–Kier alpha value is -2.29. The smallest absolute Gasteiger partial charge is 0.414 e. The highest BCUT2D eigenvalue weighted by atomic mass is 127. The van der Waals surface area contributed by atoms with Gasteiger partial charge in [0, 0.05) is 11.4 Å². The van der Waals surface area contributed by atoms with Gasteiger partial charge in [-0.3, -0.25) is 4.90 Å². The van der Waals surface area contributed by atoms with Crippen LogP contribution < -0.4 is 16.0 Å². The molecule has 0 bridgehead atoms. The first-order chi connectivity index (χ1) is 13.1. The van der Waals surface area contributed by atoms with Gasteiger partial charge < -0.3 is 15.8 Å². The summed E-state index contributed by atoms with van der Waals surface area (Å²) in [6.07, 6.45) is 1.57. The van der Waals surface area contributed by atoms with Crippen LogP contribution in [-0.4, -0.2) is 25.2 Å². The van der Waals surface area contributed by atoms with Crippen LogP contribution in [-0.2, 0) is 24.1 Å². The molecule has 2 aromatic carbocycles. The van der Waals surface area contributed by atoms with Gasteiger partial charge in [-0.2, -0.15) is 0 Å². The third-order valence-corrected chi connectivity index (χ3v) is 4.69. The number of para-hydroxylation sites is 1. The number of anilines is 2. The molecule has 28 heavy (non-hydrogen) atoms. The van der Waals surface area contributed by atoms with Crippen LogP contribution >= 0.6 is 24.0 Å². The summed E-state index contributed by atoms with van der Waals surface area (Å²) in [5, 5.41) is 3.27. The monoisotopic (exact) mass is 494 g/mol. The molecule has 1 amide bonds. The summed E-state index contributed by atoms with van der Waals surface area (Å²) in [6.45, 7) is 5.76. The summed E-state index contributed by atoms with van der Waals surface area (Å²) in [4.78, 5) is 17.7. The normalized spacial score (nSPS) is 13.9. The van der Waals surface area contributed by atoms with Crippen molar-refractivity contribution in [3.63, 3.8) is 0 Å². The summed E-state index contributed by atoms with van der Waals surface area (Å²) >= 11 is 0. The minimum atomic E-state index is -0.296. The van der Waals surface area contributed by atoms with Gasteiger partial charge in [0.1, 0.15) is 6.61 Å². The number of ether oxygens (including phenoxy) is 1. The number of cyclic esters (lactones) is 1. The maximum absolute atomic E-state index is 11.6. The topological polar surface area (TPSA) is 79.9 Å². The van der Waals surface area contributed by atoms with Crippen molar-refractivity contribution in [1.82, 2.24) is 0 Å². The predicted octanol–water partition coefficient (Wildman–Crippen LogP) is 4.31. The van der Waals surface area contributed by atoms with Gasteiger partial charge >= 0.3 is 6.09 Å². The van der Waals surface area contributed by atoms with E-state index in [1.807, 2.05) is 24.3 Å². The molecule has 0 radical (unpaired) electrons. The second kappa shape index (κ2) is 10.3. The number of aryl methyl sites for hydroxylation is 2. The molecule has 2 aromatic rings. The van der Waals surface area contributed by atoms with E-state index in [1.54, 1.807) is 4.90 Å². The van der Waals surface area contributed by atoms with Gasteiger partial charge in [-0.15, -0.1) is 24.0 Å². The number of hydrogen-bond acceptors (Lipinski definition) is 3. The number of amides is 1. The average molecular weight is 494 g/mol. The molecule has 0 unspecified atom stereocenters. The van der Waals surface area contributed by atoms with Crippen LogP contribution in [0.4, 0.5) is 16.2 Å². The fourth-order valence-corrected chi connectivity index (χ4v) is 3.16. The van der Waals surface area contributed by atoms with Gasteiger partial charge in [-0.25, -0.2) is 9.79 Å². The van der Waals surface area contributed by atoms with Crippen molar-refractivity contribution >= 4 is 47.4 Å². The zero-order valence-electron chi connectivity index (χ0n) is 16.3. The zero-order chi connectivity index (χ0) is 19.2. The van der Waals surface area contributed by atoms with Crippen molar-refractivity contribution in [2.45, 2.75) is 33.2 Å². The van der Waals surface area contributed by atoms with Crippen molar-refractivity contribution in [1.29, 1.82) is 0 Å². The quantitative estimate of drug-likeness (QED) is 0.356. The fourth-order valence-electron chi connectivity index (χ4n) is 3.16. The highest BCUT2D eigenvalue weighted by molar-refractivity contribution is 14.0. The summed E-state index contributed by atoms with van der Waals surface area (Å²) in [5.74, 6) is 0.401. The number of nitrogens with zero attached hydrogens (tertiary/aromatic N) is 2. The molecule has 0 atom stereocenters. The van der Waals surface area contributed by atoms with Gasteiger partial charge in [-0.05, 0) is 41.7 Å². The largest absolute Gasteiger partial charge is 0.447 e. The van der Waals surface area contributed by atoms with E-state index in [0.29, 0.717) is 25.7 Å². The number of rotatable bonds is 6. The van der Waals surface area contributed by atoms with E-state index >= 15 is 0 Å². The molecule has 1 saturated heterocycles. The molecule has 1 fully saturated rings. The van der Waals surface area contributed by atoms with Crippen LogP contribution in [0, 0.1) is 0 Å². The Labute approximate surface area is 183 Å². The third-order valence-electron chi connectivity index (χ3n) is 4.69. The molecule has 1 aliphatic rings. The standard InChI is InChI=1S/C21H26N4O2.HI/c1-3-16-6-5-7-17(4-2)19(16)24-20(22)23-14-15-8-10-18(11-9-15)25-12-13-27-21(25)26;/h5-11H,3-4,12-14H2,1-2H3,(H3,22,23,24);1H. The van der Waals surface area contributed by atoms with Crippen LogP contribution in [0.5, 0.6) is 0 Å². The molecular weight excluding hydrogens is 467 g/mol. The van der Waals surface area contributed by atoms with E-state index in [9.17, 15) is 4.79 Å². The number of guanidine groups is 1. The lowest BCUT2D eigenvalue weighted by Crippen LogP contribution is -2.24. The molecule has 3 N–H and O–H groups in total. The number of nitrogens with one attached hydrogen (secondary N) is 1. The number of hydrogen-bond donors (Lipinski definition) is 2. The maximum Gasteiger partial charge on any atom is 0.414 e. The Kier molecular flexibility index (Phi) is 8.10. The Balaban J connectivity index is 0.00000280. The predicted molar refractivity (Wildman–Crippen MR) is 125 cm³/mol. The van der Waals surface area contributed by atoms with Crippen molar-refractivity contribution in [3.05, 3.63) is 59.2 Å². The summed E-state index contributed by atoms with van der Waals surface area (Å²) < 4.78 is 4.96. The van der Waals surface area contributed by atoms with Crippen molar-refractivity contribution in [3.8, 4) is 0 Å². The number of carbonyl (C=O) groups is 1. The molecule has 6 nitrogen and oxygen atoms in total. The molecule has 0 aliphatic carbocycles. The van der Waals surface area contributed by atoms with Crippen LogP contribution in [0.15, 0.2) is 47.5 Å². The van der Waals surface area contributed by atoms with E-state index in [-0.39, 0.29) is 30.1 Å². The minimum Gasteiger partial charge on any atom is -0.447 e. The van der Waals surface area contributed by atoms with Gasteiger partial charge in [0.2, 0.25) is 0 Å². The second-order valence-electron chi connectivity index (χ2n) is 6.42. The number of carbonyl (C=O) groups excluding carboxylic acids is 1. The number of benzene rings is 2. The lowest BCUT2D eigenvalue weighted by molar-refractivity contribution is 0.181. The SMILES string of the molecule is CCc1cccc(CC)c1NC(N)=NCc1ccc(N2CCOC2=O)cc1.I. The van der Waals surface area contributed by atoms with Gasteiger partial charge in [0.25, 0.3) is 0 Å². The molecule has 1 aliphatic heterocycles. The van der Waals surface area contributed by atoms with Gasteiger partial charge in [-0.1, -0.05) is 44.2 Å². The summed E-state index contributed by atoms with van der Waals surface area (Å²) in [6, 6.07) is 14.0. The Morgan fingerprint density at radius 3 is 2.32 bits per heavy atom. The number of halogens is 1. The Bertz CT molecular complexity index is 815. The van der Waals surface area contributed by atoms with Crippen molar-refractivity contribution in [2.24, 2.45) is 10.7 Å². The van der Waals surface area contributed by atoms with Crippen LogP contribution in [0.2, 0.25) is 0 Å². The molecule has 150 valence electrons. The van der Waals surface area contributed by atoms with Gasteiger partial charge in [0.15, 0.2) is 5.96 Å². The van der Waals surface area contributed by atoms with Crippen LogP contribution in [0.1, 0.15) is 30.5 Å². The van der Waals surface area contributed by atoms with E-state index in [2.05, 4.69) is 42.4 Å². The molecule has 0 saturated carbocycles. The molecule has 3 rings (SSSR count). The molecule has 1 heterocycles. The Morgan fingerprint density at radius 1 is 1.14 bits per heavy atom. The molecule has 0 spiro atoms. The average Bonchev–Trinajstić information content (AvgIpc) is 3.13. The summed E-state index contributed by atoms with van der Waals surface area (Å²) in [7, 11) is 0. The lowest BCUT2D eigenvalue weighted by atomic mass is 10.0. The minimum absolute atomic E-state index is 0. The van der Waals surface area contributed by atoms with E-state index in [0.717, 1.165) is 29.8 Å². The zero-order valence-corrected chi connectivity index (χ0v) is 18.6. The highest BCUT2D eigenvalue weighted by Gasteiger charge is 2.23. The third kappa shape index (κ3) is 5.15. The van der Waals surface area contributed by atoms with Gasteiger partial charge in [0.05, 0.1) is 13.1 Å². The summed E-state index contributed by atoms with van der Waals surface area (Å²) in [5.41, 5.74) is 11.5. The highest BCUT2D eigenvalue weighted by Crippen LogP contribution is 2.22. The van der Waals surface area contributed by atoms with Crippen molar-refractivity contribution in [2.75, 3.05) is 23.4 Å². The molecular formula is C21H27IN4O2. The first-order valence-corrected chi connectivity index (χ1v) is 9.33. The van der Waals surface area contributed by atoms with Crippen LogP contribution in [0.25, 0.3) is 0 Å². The maximum atomic E-state index is 11.6. The molecule has 7 heteroatoms. The molecule has 0 aromatic heterocycles. The Morgan fingerprint density at radius 2 is 1.79 bits per heavy atom. The van der Waals surface area contributed by atoms with E-state index < -0.39 is 0 Å². The fraction of sp³-hybridized carbons (Fsp3) is 0.333. The van der Waals surface area contributed by atoms with Crippen LogP contribution in [0.3, 0.4) is 0 Å². The lowest BCUT2D eigenvalue weighted by Gasteiger charge is -2.15.